The monoisotopic (exact) mass is 593 g/mol. The fourth-order valence-corrected chi connectivity index (χ4v) is 5.55. The van der Waals surface area contributed by atoms with Crippen molar-refractivity contribution in [1.29, 1.82) is 0 Å². The van der Waals surface area contributed by atoms with Crippen LogP contribution in [0.1, 0.15) is 44.1 Å². The quantitative estimate of drug-likeness (QED) is 0.424. The molecule has 0 spiro atoms. The summed E-state index contributed by atoms with van der Waals surface area (Å²) in [7, 11) is 0. The third-order valence-corrected chi connectivity index (χ3v) is 7.80. The van der Waals surface area contributed by atoms with Crippen molar-refractivity contribution in [3.63, 3.8) is 0 Å². The summed E-state index contributed by atoms with van der Waals surface area (Å²) < 4.78 is 10.5. The SMILES string of the molecule is C=C(/N=C1\C(=C/C)C=C(c2ccc(-c3noc(C)n3)cc2Cl)C(=O)N1CC(=O)NC1CCNCC1)NC1CCOCC1. The zero-order chi connectivity index (χ0) is 29.6. The minimum absolute atomic E-state index is 0.0520. The van der Waals surface area contributed by atoms with E-state index < -0.39 is 0 Å². The van der Waals surface area contributed by atoms with Gasteiger partial charge in [-0.3, -0.25) is 14.5 Å². The van der Waals surface area contributed by atoms with E-state index in [1.165, 1.54) is 4.90 Å². The Morgan fingerprint density at radius 1 is 1.21 bits per heavy atom. The highest BCUT2D eigenvalue weighted by atomic mass is 35.5. The summed E-state index contributed by atoms with van der Waals surface area (Å²) in [5.74, 6) is 0.973. The lowest BCUT2D eigenvalue weighted by atomic mass is 9.95. The largest absolute Gasteiger partial charge is 0.381 e. The maximum Gasteiger partial charge on any atom is 0.260 e. The Balaban J connectivity index is 1.46. The standard InChI is InChI=1S/C30H36ClN7O4/c1-4-20-15-25(24-6-5-21(16-26(24)31)28-35-19(3)42-37-28)30(40)38(17-27(39)36-22-7-11-32-12-8-22)29(20)34-18(2)33-23-9-13-41-14-10-23/h4-6,15-16,22-23,32-33H,2,7-14,17H2,1,3H3,(H,36,39)/b20-4-,34-29+. The Bertz CT molecular complexity index is 1430. The van der Waals surface area contributed by atoms with Crippen LogP contribution in [-0.2, 0) is 14.3 Å². The number of allylic oxidation sites excluding steroid dienone is 1. The fourth-order valence-electron chi connectivity index (χ4n) is 5.27. The van der Waals surface area contributed by atoms with Crippen molar-refractivity contribution in [3.05, 3.63) is 64.8 Å². The van der Waals surface area contributed by atoms with Gasteiger partial charge in [0.25, 0.3) is 5.91 Å². The highest BCUT2D eigenvalue weighted by Crippen LogP contribution is 2.33. The van der Waals surface area contributed by atoms with E-state index in [-0.39, 0.29) is 30.4 Å². The van der Waals surface area contributed by atoms with Crippen LogP contribution in [0.5, 0.6) is 0 Å². The average molecular weight is 594 g/mol. The number of ether oxygens (including phenoxy) is 1. The van der Waals surface area contributed by atoms with E-state index in [4.69, 9.17) is 25.9 Å². The molecule has 0 radical (unpaired) electrons. The lowest BCUT2D eigenvalue weighted by Crippen LogP contribution is -2.50. The van der Waals surface area contributed by atoms with Crippen LogP contribution in [0.4, 0.5) is 0 Å². The molecule has 42 heavy (non-hydrogen) atoms. The van der Waals surface area contributed by atoms with Crippen molar-refractivity contribution in [2.75, 3.05) is 32.8 Å². The van der Waals surface area contributed by atoms with Crippen LogP contribution in [0.15, 0.2) is 57.8 Å². The Hall–Kier alpha value is -3.80. The molecule has 0 atom stereocenters. The van der Waals surface area contributed by atoms with Gasteiger partial charge in [0.15, 0.2) is 0 Å². The second-order valence-electron chi connectivity index (χ2n) is 10.5. The summed E-state index contributed by atoms with van der Waals surface area (Å²) in [5.41, 5.74) is 2.20. The van der Waals surface area contributed by atoms with Gasteiger partial charge in [-0.2, -0.15) is 4.98 Å². The predicted octanol–water partition coefficient (Wildman–Crippen LogP) is 3.38. The third kappa shape index (κ3) is 6.97. The molecule has 222 valence electrons. The zero-order valence-corrected chi connectivity index (χ0v) is 24.7. The molecule has 1 aromatic carbocycles. The molecule has 3 aliphatic rings. The van der Waals surface area contributed by atoms with Gasteiger partial charge in [0, 0.05) is 59.5 Å². The van der Waals surface area contributed by atoms with E-state index >= 15 is 0 Å². The summed E-state index contributed by atoms with van der Waals surface area (Å²) in [6.45, 7) is 10.5. The van der Waals surface area contributed by atoms with Crippen molar-refractivity contribution in [3.8, 4) is 11.4 Å². The molecule has 0 aliphatic carbocycles. The van der Waals surface area contributed by atoms with E-state index in [0.717, 1.165) is 38.8 Å². The number of carbonyl (C=O) groups is 2. The number of rotatable bonds is 8. The van der Waals surface area contributed by atoms with Gasteiger partial charge >= 0.3 is 0 Å². The maximum absolute atomic E-state index is 14.1. The molecule has 2 saturated heterocycles. The van der Waals surface area contributed by atoms with Crippen LogP contribution in [0.25, 0.3) is 17.0 Å². The van der Waals surface area contributed by atoms with Crippen molar-refractivity contribution < 1.29 is 18.8 Å². The van der Waals surface area contributed by atoms with Crippen LogP contribution in [0.2, 0.25) is 5.02 Å². The average Bonchev–Trinajstić information content (AvgIpc) is 3.42. The highest BCUT2D eigenvalue weighted by Gasteiger charge is 2.34. The summed E-state index contributed by atoms with van der Waals surface area (Å²) >= 11 is 6.72. The number of amidine groups is 1. The lowest BCUT2D eigenvalue weighted by molar-refractivity contribution is -0.129. The van der Waals surface area contributed by atoms with E-state index in [9.17, 15) is 9.59 Å². The van der Waals surface area contributed by atoms with E-state index in [1.54, 1.807) is 31.2 Å². The molecule has 2 fully saturated rings. The predicted molar refractivity (Wildman–Crippen MR) is 161 cm³/mol. The summed E-state index contributed by atoms with van der Waals surface area (Å²) in [6, 6.07) is 5.46. The Kier molecular flexibility index (Phi) is 9.51. The molecule has 3 N–H and O–H groups in total. The molecule has 0 unspecified atom stereocenters. The molecule has 0 bridgehead atoms. The van der Waals surface area contributed by atoms with Crippen LogP contribution < -0.4 is 16.0 Å². The number of nitrogens with one attached hydrogen (secondary N) is 3. The minimum Gasteiger partial charge on any atom is -0.381 e. The summed E-state index contributed by atoms with van der Waals surface area (Å²) in [4.78, 5) is 37.8. The van der Waals surface area contributed by atoms with Crippen molar-refractivity contribution in [2.24, 2.45) is 4.99 Å². The van der Waals surface area contributed by atoms with E-state index in [1.807, 2.05) is 13.0 Å². The van der Waals surface area contributed by atoms with Gasteiger partial charge in [-0.25, -0.2) is 4.99 Å². The Labute approximate surface area is 250 Å². The van der Waals surface area contributed by atoms with Crippen molar-refractivity contribution >= 4 is 34.8 Å². The number of aryl methyl sites for hydroxylation is 1. The summed E-state index contributed by atoms with van der Waals surface area (Å²) in [6.07, 6.45) is 6.95. The molecule has 12 heteroatoms. The summed E-state index contributed by atoms with van der Waals surface area (Å²) in [5, 5.41) is 14.0. The highest BCUT2D eigenvalue weighted by molar-refractivity contribution is 6.38. The Morgan fingerprint density at radius 2 is 1.95 bits per heavy atom. The minimum atomic E-state index is -0.385. The smallest absolute Gasteiger partial charge is 0.260 e. The first-order chi connectivity index (χ1) is 20.3. The van der Waals surface area contributed by atoms with Crippen LogP contribution >= 0.6 is 11.6 Å². The molecule has 5 rings (SSSR count). The molecule has 4 heterocycles. The number of halogens is 1. The van der Waals surface area contributed by atoms with Crippen LogP contribution in [0, 0.1) is 6.92 Å². The zero-order valence-electron chi connectivity index (χ0n) is 23.9. The molecular weight excluding hydrogens is 558 g/mol. The first-order valence-corrected chi connectivity index (χ1v) is 14.6. The Morgan fingerprint density at radius 3 is 2.62 bits per heavy atom. The maximum atomic E-state index is 14.1. The molecule has 2 amide bonds. The second kappa shape index (κ2) is 13.5. The lowest BCUT2D eigenvalue weighted by Gasteiger charge is -2.32. The normalized spacial score (nSPS) is 20.6. The molecule has 3 aliphatic heterocycles. The molecule has 1 aromatic heterocycles. The van der Waals surface area contributed by atoms with Crippen LogP contribution in [-0.4, -0.2) is 77.6 Å². The number of amides is 2. The molecule has 11 nitrogen and oxygen atoms in total. The van der Waals surface area contributed by atoms with Gasteiger partial charge in [-0.1, -0.05) is 41.5 Å². The van der Waals surface area contributed by atoms with Gasteiger partial charge < -0.3 is 25.2 Å². The van der Waals surface area contributed by atoms with Gasteiger partial charge in [0.2, 0.25) is 17.6 Å². The van der Waals surface area contributed by atoms with Gasteiger partial charge in [0.1, 0.15) is 18.2 Å². The van der Waals surface area contributed by atoms with Crippen molar-refractivity contribution in [2.45, 2.75) is 51.6 Å². The number of hydrogen-bond acceptors (Lipinski definition) is 9. The fraction of sp³-hybridized carbons (Fsp3) is 0.433. The molecule has 0 saturated carbocycles. The number of aromatic nitrogens is 2. The van der Waals surface area contributed by atoms with Gasteiger partial charge in [-0.15, -0.1) is 0 Å². The van der Waals surface area contributed by atoms with Crippen LogP contribution in [0.3, 0.4) is 0 Å². The number of piperidine rings is 1. The first-order valence-electron chi connectivity index (χ1n) is 14.2. The van der Waals surface area contributed by atoms with E-state index in [2.05, 4.69) is 32.7 Å². The van der Waals surface area contributed by atoms with E-state index in [0.29, 0.717) is 63.9 Å². The topological polar surface area (TPSA) is 134 Å². The number of hydrogen-bond donors (Lipinski definition) is 3. The molecular formula is C30H36ClN7O4. The molecule has 2 aromatic rings. The number of nitrogens with zero attached hydrogens (tertiary/aromatic N) is 4. The van der Waals surface area contributed by atoms with Gasteiger partial charge in [-0.05, 0) is 57.8 Å². The third-order valence-electron chi connectivity index (χ3n) is 7.48. The van der Waals surface area contributed by atoms with Gasteiger partial charge in [0.05, 0.1) is 0 Å². The first kappa shape index (κ1) is 29.7. The number of carbonyl (C=O) groups excluding carboxylic acids is 2. The van der Waals surface area contributed by atoms with Crippen molar-refractivity contribution in [1.82, 2.24) is 31.0 Å². The second-order valence-corrected chi connectivity index (χ2v) is 10.9. The number of aliphatic imine (C=N–C) groups is 1. The number of benzene rings is 1.